The summed E-state index contributed by atoms with van der Waals surface area (Å²) in [4.78, 5) is 15.1. The van der Waals surface area contributed by atoms with Gasteiger partial charge in [0.25, 0.3) is 0 Å². The van der Waals surface area contributed by atoms with E-state index >= 15 is 0 Å². The zero-order chi connectivity index (χ0) is 21.8. The van der Waals surface area contributed by atoms with Crippen LogP contribution in [0.1, 0.15) is 30.4 Å². The number of methoxy groups -OCH3 is 2. The first-order valence-corrected chi connectivity index (χ1v) is 11.0. The molecule has 6 heteroatoms. The highest BCUT2D eigenvalue weighted by atomic mass is 19.1. The third-order valence-corrected chi connectivity index (χ3v) is 6.87. The van der Waals surface area contributed by atoms with Gasteiger partial charge in [-0.1, -0.05) is 24.3 Å². The Morgan fingerprint density at radius 2 is 1.87 bits per heavy atom. The van der Waals surface area contributed by atoms with Crippen LogP contribution in [-0.2, 0) is 17.8 Å². The Morgan fingerprint density at radius 1 is 1.13 bits per heavy atom. The Balaban J connectivity index is 1.22. The van der Waals surface area contributed by atoms with Crippen molar-refractivity contribution in [2.75, 3.05) is 33.9 Å². The van der Waals surface area contributed by atoms with Gasteiger partial charge in [0.2, 0.25) is 5.91 Å². The molecule has 2 aromatic rings. The van der Waals surface area contributed by atoms with Crippen LogP contribution < -0.4 is 14.8 Å². The molecule has 5 nitrogen and oxygen atoms in total. The number of piperidine rings is 1. The minimum atomic E-state index is -0.332. The van der Waals surface area contributed by atoms with E-state index in [0.29, 0.717) is 6.54 Å². The average molecular weight is 427 g/mol. The van der Waals surface area contributed by atoms with Gasteiger partial charge < -0.3 is 14.8 Å². The van der Waals surface area contributed by atoms with Crippen molar-refractivity contribution in [3.8, 4) is 11.5 Å². The number of likely N-dealkylation sites (tertiary alicyclic amines) is 1. The molecule has 31 heavy (non-hydrogen) atoms. The van der Waals surface area contributed by atoms with Crippen LogP contribution in [0.15, 0.2) is 42.5 Å². The third-order valence-electron chi connectivity index (χ3n) is 6.87. The fourth-order valence-electron chi connectivity index (χ4n) is 4.84. The summed E-state index contributed by atoms with van der Waals surface area (Å²) in [5.74, 6) is 1.15. The zero-order valence-corrected chi connectivity index (χ0v) is 18.3. The summed E-state index contributed by atoms with van der Waals surface area (Å²) in [7, 11) is 3.16. The summed E-state index contributed by atoms with van der Waals surface area (Å²) in [6.07, 6.45) is 3.84. The fraction of sp³-hybridized carbons (Fsp3) is 0.480. The number of carbonyl (C=O) groups excluding carboxylic acids is 1. The Morgan fingerprint density at radius 3 is 2.61 bits per heavy atom. The highest BCUT2D eigenvalue weighted by Gasteiger charge is 2.58. The van der Waals surface area contributed by atoms with Crippen molar-refractivity contribution in [1.29, 1.82) is 0 Å². The number of nitrogens with one attached hydrogen (secondary N) is 1. The number of ether oxygens (including phenoxy) is 2. The van der Waals surface area contributed by atoms with Crippen molar-refractivity contribution in [3.05, 3.63) is 59.4 Å². The SMILES string of the molecule is COc1cc(CN2CCC3(CC2)C[C@@H]3C(=O)NCCc2ccccc2OC)ccc1F. The molecule has 1 saturated heterocycles. The summed E-state index contributed by atoms with van der Waals surface area (Å²) >= 11 is 0. The second-order valence-corrected chi connectivity index (χ2v) is 8.72. The molecule has 166 valence electrons. The van der Waals surface area contributed by atoms with E-state index in [4.69, 9.17) is 9.47 Å². The third kappa shape index (κ3) is 4.85. The molecule has 1 amide bonds. The van der Waals surface area contributed by atoms with Crippen LogP contribution in [-0.4, -0.2) is 44.7 Å². The van der Waals surface area contributed by atoms with Gasteiger partial charge in [0.15, 0.2) is 11.6 Å². The first-order chi connectivity index (χ1) is 15.0. The van der Waals surface area contributed by atoms with E-state index in [0.717, 1.165) is 62.2 Å². The standard InChI is InChI=1S/C25H31FN2O3/c1-30-22-6-4-3-5-19(22)9-12-27-24(29)20-16-25(20)10-13-28(14-11-25)17-18-7-8-21(26)23(15-18)31-2/h3-8,15,20H,9-14,16-17H2,1-2H3,(H,27,29)/t20-/m1/s1. The number of amides is 1. The van der Waals surface area contributed by atoms with Crippen LogP contribution in [0.3, 0.4) is 0 Å². The van der Waals surface area contributed by atoms with Crippen LogP contribution in [0.5, 0.6) is 11.5 Å². The number of carbonyl (C=O) groups is 1. The number of hydrogen-bond donors (Lipinski definition) is 1. The minimum absolute atomic E-state index is 0.137. The first-order valence-electron chi connectivity index (χ1n) is 11.0. The van der Waals surface area contributed by atoms with Gasteiger partial charge in [-0.2, -0.15) is 0 Å². The Labute approximate surface area is 183 Å². The minimum Gasteiger partial charge on any atom is -0.496 e. The van der Waals surface area contributed by atoms with Crippen molar-refractivity contribution in [2.45, 2.75) is 32.2 Å². The molecule has 2 aliphatic rings. The molecule has 1 aliphatic heterocycles. The molecule has 1 atom stereocenters. The highest BCUT2D eigenvalue weighted by Crippen LogP contribution is 2.59. The number of halogens is 1. The molecule has 1 heterocycles. The van der Waals surface area contributed by atoms with E-state index in [-0.39, 0.29) is 28.8 Å². The highest BCUT2D eigenvalue weighted by molar-refractivity contribution is 5.82. The fourth-order valence-corrected chi connectivity index (χ4v) is 4.84. The number of rotatable bonds is 8. The van der Waals surface area contributed by atoms with Gasteiger partial charge >= 0.3 is 0 Å². The Bertz CT molecular complexity index is 925. The Kier molecular flexibility index (Phi) is 6.46. The van der Waals surface area contributed by atoms with E-state index in [1.807, 2.05) is 30.3 Å². The molecule has 0 unspecified atom stereocenters. The van der Waals surface area contributed by atoms with Gasteiger partial charge in [-0.25, -0.2) is 4.39 Å². The lowest BCUT2D eigenvalue weighted by molar-refractivity contribution is -0.123. The lowest BCUT2D eigenvalue weighted by Crippen LogP contribution is -2.37. The van der Waals surface area contributed by atoms with E-state index in [1.54, 1.807) is 13.2 Å². The average Bonchev–Trinajstić information content (AvgIpc) is 3.50. The number of nitrogens with zero attached hydrogens (tertiary/aromatic N) is 1. The van der Waals surface area contributed by atoms with Gasteiger partial charge in [0, 0.05) is 19.0 Å². The summed E-state index contributed by atoms with van der Waals surface area (Å²) in [5.41, 5.74) is 2.34. The lowest BCUT2D eigenvalue weighted by atomic mass is 9.90. The summed E-state index contributed by atoms with van der Waals surface area (Å²) in [5, 5.41) is 3.13. The van der Waals surface area contributed by atoms with Crippen LogP contribution in [0.4, 0.5) is 4.39 Å². The van der Waals surface area contributed by atoms with Crippen molar-refractivity contribution < 1.29 is 18.7 Å². The second kappa shape index (κ2) is 9.27. The normalized spacial score (nSPS) is 19.8. The van der Waals surface area contributed by atoms with Gasteiger partial charge in [-0.05, 0) is 73.5 Å². The molecule has 1 N–H and O–H groups in total. The quantitative estimate of drug-likeness (QED) is 0.698. The monoisotopic (exact) mass is 426 g/mol. The molecule has 0 bridgehead atoms. The van der Waals surface area contributed by atoms with Crippen LogP contribution in [0.2, 0.25) is 0 Å². The van der Waals surface area contributed by atoms with Crippen molar-refractivity contribution in [1.82, 2.24) is 10.2 Å². The van der Waals surface area contributed by atoms with E-state index in [9.17, 15) is 9.18 Å². The number of hydrogen-bond acceptors (Lipinski definition) is 4. The molecular weight excluding hydrogens is 395 g/mol. The van der Waals surface area contributed by atoms with Crippen molar-refractivity contribution in [3.63, 3.8) is 0 Å². The van der Waals surface area contributed by atoms with Crippen molar-refractivity contribution in [2.24, 2.45) is 11.3 Å². The molecule has 1 aliphatic carbocycles. The Hall–Kier alpha value is -2.60. The van der Waals surface area contributed by atoms with Gasteiger partial charge in [0.1, 0.15) is 5.75 Å². The summed E-state index contributed by atoms with van der Waals surface area (Å²) in [6.45, 7) is 3.34. The van der Waals surface area contributed by atoms with Crippen molar-refractivity contribution >= 4 is 5.91 Å². The maximum absolute atomic E-state index is 13.6. The second-order valence-electron chi connectivity index (χ2n) is 8.72. The molecular formula is C25H31FN2O3. The molecule has 4 rings (SSSR count). The van der Waals surface area contributed by atoms with Gasteiger partial charge in [-0.3, -0.25) is 9.69 Å². The zero-order valence-electron chi connectivity index (χ0n) is 18.3. The predicted octanol–water partition coefficient (Wildman–Crippen LogP) is 3.80. The molecule has 1 saturated carbocycles. The molecule has 2 fully saturated rings. The molecule has 1 spiro atoms. The number of para-hydroxylation sites is 1. The number of benzene rings is 2. The van der Waals surface area contributed by atoms with Crippen LogP contribution >= 0.6 is 0 Å². The largest absolute Gasteiger partial charge is 0.496 e. The first kappa shape index (κ1) is 21.6. The van der Waals surface area contributed by atoms with Crippen LogP contribution in [0.25, 0.3) is 0 Å². The van der Waals surface area contributed by atoms with E-state index < -0.39 is 0 Å². The van der Waals surface area contributed by atoms with Gasteiger partial charge in [-0.15, -0.1) is 0 Å². The van der Waals surface area contributed by atoms with Gasteiger partial charge in [0.05, 0.1) is 14.2 Å². The summed E-state index contributed by atoms with van der Waals surface area (Å²) in [6, 6.07) is 13.0. The maximum atomic E-state index is 13.6. The van der Waals surface area contributed by atoms with E-state index in [1.165, 1.54) is 13.2 Å². The van der Waals surface area contributed by atoms with Crippen LogP contribution in [0, 0.1) is 17.2 Å². The topological polar surface area (TPSA) is 50.8 Å². The lowest BCUT2D eigenvalue weighted by Gasteiger charge is -2.33. The summed E-state index contributed by atoms with van der Waals surface area (Å²) < 4.78 is 24.1. The molecule has 0 radical (unpaired) electrons. The predicted molar refractivity (Wildman–Crippen MR) is 118 cm³/mol. The smallest absolute Gasteiger partial charge is 0.223 e. The molecule has 0 aromatic heterocycles. The van der Waals surface area contributed by atoms with E-state index in [2.05, 4.69) is 10.2 Å². The maximum Gasteiger partial charge on any atom is 0.223 e. The molecule has 2 aromatic carbocycles.